The Morgan fingerprint density at radius 2 is 1.80 bits per heavy atom. The molecule has 3 heterocycles. The van der Waals surface area contributed by atoms with Gasteiger partial charge >= 0.3 is 5.97 Å². The maximum Gasteiger partial charge on any atom is 0.303 e. The zero-order valence-electron chi connectivity index (χ0n) is 16.0. The summed E-state index contributed by atoms with van der Waals surface area (Å²) in [6.45, 7) is 9.28. The van der Waals surface area contributed by atoms with E-state index in [1.54, 1.807) is 0 Å². The zero-order chi connectivity index (χ0) is 18.2. The van der Waals surface area contributed by atoms with Crippen LogP contribution in [0.5, 0.6) is 0 Å². The standard InChI is InChI=1S/C20H34N2O3/c1-20(2,3)19(25)22-13-14-7-5-11-21-12-6-8-15(18(14)21)16(22)9-4-10-17(23)24/h14-16,18H,4-13H2,1-3H3,(H,23,24)/t14-,15+,16-,18-/m0/s1. The molecule has 3 aliphatic rings. The molecule has 0 bridgehead atoms. The lowest BCUT2D eigenvalue weighted by Gasteiger charge is -2.58. The van der Waals surface area contributed by atoms with Crippen molar-refractivity contribution >= 4 is 11.9 Å². The number of rotatable bonds is 4. The minimum absolute atomic E-state index is 0.207. The Kier molecular flexibility index (Phi) is 5.42. The van der Waals surface area contributed by atoms with Crippen molar-refractivity contribution in [3.05, 3.63) is 0 Å². The molecule has 4 atom stereocenters. The number of amides is 1. The molecule has 25 heavy (non-hydrogen) atoms. The van der Waals surface area contributed by atoms with Crippen LogP contribution in [0.2, 0.25) is 0 Å². The van der Waals surface area contributed by atoms with Crippen LogP contribution in [-0.4, -0.2) is 58.5 Å². The maximum atomic E-state index is 13.2. The van der Waals surface area contributed by atoms with Crippen molar-refractivity contribution in [1.29, 1.82) is 0 Å². The van der Waals surface area contributed by atoms with Crippen LogP contribution in [0.4, 0.5) is 0 Å². The lowest BCUT2D eigenvalue weighted by molar-refractivity contribution is -0.154. The van der Waals surface area contributed by atoms with Gasteiger partial charge in [0.15, 0.2) is 0 Å². The van der Waals surface area contributed by atoms with Crippen molar-refractivity contribution in [2.45, 2.75) is 77.8 Å². The highest BCUT2D eigenvalue weighted by Crippen LogP contribution is 2.44. The van der Waals surface area contributed by atoms with Gasteiger partial charge in [-0.25, -0.2) is 0 Å². The fourth-order valence-electron chi connectivity index (χ4n) is 5.49. The van der Waals surface area contributed by atoms with Crippen molar-refractivity contribution in [2.24, 2.45) is 17.3 Å². The molecule has 1 amide bonds. The number of hydrogen-bond acceptors (Lipinski definition) is 3. The molecule has 0 aromatic heterocycles. The molecule has 5 nitrogen and oxygen atoms in total. The van der Waals surface area contributed by atoms with Crippen molar-refractivity contribution in [3.8, 4) is 0 Å². The number of piperidine rings is 3. The lowest BCUT2D eigenvalue weighted by atomic mass is 9.68. The molecule has 0 aliphatic carbocycles. The van der Waals surface area contributed by atoms with E-state index in [1.165, 1.54) is 38.8 Å². The van der Waals surface area contributed by atoms with Crippen molar-refractivity contribution < 1.29 is 14.7 Å². The largest absolute Gasteiger partial charge is 0.481 e. The molecule has 3 aliphatic heterocycles. The quantitative estimate of drug-likeness (QED) is 0.847. The Balaban J connectivity index is 1.84. The minimum atomic E-state index is -0.731. The Bertz CT molecular complexity index is 512. The molecule has 0 saturated carbocycles. The summed E-state index contributed by atoms with van der Waals surface area (Å²) in [5.41, 5.74) is -0.374. The van der Waals surface area contributed by atoms with Gasteiger partial charge in [0, 0.05) is 30.5 Å². The van der Waals surface area contributed by atoms with Crippen LogP contribution >= 0.6 is 0 Å². The lowest BCUT2D eigenvalue weighted by Crippen LogP contribution is -2.66. The molecule has 0 aromatic carbocycles. The van der Waals surface area contributed by atoms with Crippen LogP contribution in [0.15, 0.2) is 0 Å². The third-order valence-corrected chi connectivity index (χ3v) is 6.47. The zero-order valence-corrected chi connectivity index (χ0v) is 16.0. The van der Waals surface area contributed by atoms with Gasteiger partial charge in [0.05, 0.1) is 0 Å². The average Bonchev–Trinajstić information content (AvgIpc) is 2.55. The van der Waals surface area contributed by atoms with Crippen LogP contribution in [0.1, 0.15) is 65.7 Å². The first-order valence-corrected chi connectivity index (χ1v) is 10.1. The number of aliphatic carboxylic acids is 1. The third kappa shape index (κ3) is 3.86. The minimum Gasteiger partial charge on any atom is -0.481 e. The molecule has 3 saturated heterocycles. The van der Waals surface area contributed by atoms with Gasteiger partial charge < -0.3 is 10.0 Å². The second-order valence-electron chi connectivity index (χ2n) is 9.30. The van der Waals surface area contributed by atoms with E-state index >= 15 is 0 Å². The molecule has 142 valence electrons. The monoisotopic (exact) mass is 350 g/mol. The second kappa shape index (κ2) is 7.26. The predicted molar refractivity (Wildman–Crippen MR) is 97.3 cm³/mol. The summed E-state index contributed by atoms with van der Waals surface area (Å²) in [4.78, 5) is 29.0. The molecule has 3 fully saturated rings. The smallest absolute Gasteiger partial charge is 0.303 e. The molecule has 0 radical (unpaired) electrons. The van der Waals surface area contributed by atoms with Gasteiger partial charge in [-0.2, -0.15) is 0 Å². The van der Waals surface area contributed by atoms with Gasteiger partial charge in [0.2, 0.25) is 5.91 Å². The van der Waals surface area contributed by atoms with Gasteiger partial charge in [-0.3, -0.25) is 14.5 Å². The van der Waals surface area contributed by atoms with Gasteiger partial charge in [0.1, 0.15) is 0 Å². The second-order valence-corrected chi connectivity index (χ2v) is 9.30. The summed E-state index contributed by atoms with van der Waals surface area (Å²) in [7, 11) is 0. The number of carboxylic acids is 1. The van der Waals surface area contributed by atoms with Crippen LogP contribution in [0, 0.1) is 17.3 Å². The highest BCUT2D eigenvalue weighted by Gasteiger charge is 2.50. The summed E-state index contributed by atoms with van der Waals surface area (Å²) in [6.07, 6.45) is 6.57. The summed E-state index contributed by atoms with van der Waals surface area (Å²) >= 11 is 0. The van der Waals surface area contributed by atoms with E-state index in [9.17, 15) is 9.59 Å². The molecular formula is C20H34N2O3. The highest BCUT2D eigenvalue weighted by molar-refractivity contribution is 5.82. The van der Waals surface area contributed by atoms with E-state index in [1.807, 2.05) is 20.8 Å². The first kappa shape index (κ1) is 18.7. The highest BCUT2D eigenvalue weighted by atomic mass is 16.4. The SMILES string of the molecule is CC(C)(C)C(=O)N1C[C@@H]2CCCN3CCC[C@@H]([C@H]23)[C@@H]1CCCC(=O)O. The van der Waals surface area contributed by atoms with Gasteiger partial charge in [-0.05, 0) is 63.5 Å². The van der Waals surface area contributed by atoms with E-state index in [4.69, 9.17) is 5.11 Å². The van der Waals surface area contributed by atoms with Gasteiger partial charge in [-0.15, -0.1) is 0 Å². The molecule has 3 rings (SSSR count). The van der Waals surface area contributed by atoms with E-state index in [-0.39, 0.29) is 23.8 Å². The van der Waals surface area contributed by atoms with E-state index < -0.39 is 5.97 Å². The number of carboxylic acid groups (broad SMARTS) is 1. The molecular weight excluding hydrogens is 316 g/mol. The maximum absolute atomic E-state index is 13.2. The summed E-state index contributed by atoms with van der Waals surface area (Å²) in [5, 5.41) is 9.02. The fraction of sp³-hybridized carbons (Fsp3) is 0.900. The Morgan fingerprint density at radius 1 is 1.12 bits per heavy atom. The Hall–Kier alpha value is -1.10. The number of carbonyl (C=O) groups is 2. The average molecular weight is 351 g/mol. The number of nitrogens with zero attached hydrogens (tertiary/aromatic N) is 2. The third-order valence-electron chi connectivity index (χ3n) is 6.47. The normalized spacial score (nSPS) is 33.0. The summed E-state index contributed by atoms with van der Waals surface area (Å²) in [5.74, 6) is 0.633. The Labute approximate surface area is 151 Å². The van der Waals surface area contributed by atoms with E-state index in [0.717, 1.165) is 13.0 Å². The number of carbonyl (C=O) groups excluding carboxylic acids is 1. The van der Waals surface area contributed by atoms with Crippen LogP contribution in [0.25, 0.3) is 0 Å². The number of hydrogen-bond donors (Lipinski definition) is 1. The molecule has 1 N–H and O–H groups in total. The van der Waals surface area contributed by atoms with Crippen LogP contribution in [-0.2, 0) is 9.59 Å². The van der Waals surface area contributed by atoms with E-state index in [0.29, 0.717) is 24.3 Å². The van der Waals surface area contributed by atoms with Crippen molar-refractivity contribution in [2.75, 3.05) is 19.6 Å². The summed E-state index contributed by atoms with van der Waals surface area (Å²) < 4.78 is 0. The molecule has 0 unspecified atom stereocenters. The number of likely N-dealkylation sites (tertiary alicyclic amines) is 1. The predicted octanol–water partition coefficient (Wildman–Crippen LogP) is 2.99. The van der Waals surface area contributed by atoms with Crippen LogP contribution < -0.4 is 0 Å². The Morgan fingerprint density at radius 3 is 2.44 bits per heavy atom. The molecule has 0 spiro atoms. The van der Waals surface area contributed by atoms with Crippen molar-refractivity contribution in [1.82, 2.24) is 9.80 Å². The van der Waals surface area contributed by atoms with Gasteiger partial charge in [-0.1, -0.05) is 20.8 Å². The molecule has 0 aromatic rings. The topological polar surface area (TPSA) is 60.9 Å². The fourth-order valence-corrected chi connectivity index (χ4v) is 5.49. The first-order chi connectivity index (χ1) is 11.8. The van der Waals surface area contributed by atoms with E-state index in [2.05, 4.69) is 9.80 Å². The van der Waals surface area contributed by atoms with Crippen molar-refractivity contribution in [3.63, 3.8) is 0 Å². The molecule has 5 heteroatoms. The first-order valence-electron chi connectivity index (χ1n) is 10.1. The van der Waals surface area contributed by atoms with Crippen LogP contribution in [0.3, 0.4) is 0 Å². The summed E-state index contributed by atoms with van der Waals surface area (Å²) in [6, 6.07) is 0.828. The van der Waals surface area contributed by atoms with Gasteiger partial charge in [0.25, 0.3) is 0 Å².